The summed E-state index contributed by atoms with van der Waals surface area (Å²) in [6, 6.07) is 15.8. The summed E-state index contributed by atoms with van der Waals surface area (Å²) in [7, 11) is 0. The molecule has 170 valence electrons. The average molecular weight is 448 g/mol. The number of benzene rings is 2. The first-order valence-corrected chi connectivity index (χ1v) is 10.8. The molecule has 0 aromatic heterocycles. The summed E-state index contributed by atoms with van der Waals surface area (Å²) in [5.74, 6) is -1.89. The van der Waals surface area contributed by atoms with Crippen molar-refractivity contribution in [3.63, 3.8) is 0 Å². The molecule has 2 aromatic carbocycles. The van der Waals surface area contributed by atoms with Crippen molar-refractivity contribution < 1.29 is 24.0 Å². The van der Waals surface area contributed by atoms with E-state index in [-0.39, 0.29) is 50.2 Å². The van der Waals surface area contributed by atoms with Crippen LogP contribution in [-0.2, 0) is 14.4 Å². The van der Waals surface area contributed by atoms with Gasteiger partial charge >= 0.3 is 0 Å². The first-order chi connectivity index (χ1) is 16.0. The molecule has 1 fully saturated rings. The summed E-state index contributed by atoms with van der Waals surface area (Å²) in [4.78, 5) is 64.1. The number of para-hydroxylation sites is 1. The minimum absolute atomic E-state index is 0.00988. The Morgan fingerprint density at radius 1 is 0.848 bits per heavy atom. The minimum atomic E-state index is -0.442. The predicted octanol–water partition coefficient (Wildman–Crippen LogP) is 0.958. The first-order valence-electron chi connectivity index (χ1n) is 10.8. The highest BCUT2D eigenvalue weighted by molar-refractivity contribution is 6.21. The smallest absolute Gasteiger partial charge is 0.261 e. The largest absolute Gasteiger partial charge is 0.354 e. The van der Waals surface area contributed by atoms with Crippen LogP contribution < -0.4 is 15.5 Å². The highest BCUT2D eigenvalue weighted by Crippen LogP contribution is 2.25. The number of nitrogens with one attached hydrogen (secondary N) is 2. The van der Waals surface area contributed by atoms with Crippen molar-refractivity contribution in [1.82, 2.24) is 15.5 Å². The third kappa shape index (κ3) is 4.77. The van der Waals surface area contributed by atoms with E-state index in [4.69, 9.17) is 0 Å². The van der Waals surface area contributed by atoms with Crippen molar-refractivity contribution in [2.75, 3.05) is 31.1 Å². The zero-order valence-corrected chi connectivity index (χ0v) is 18.0. The Kier molecular flexibility index (Phi) is 6.48. The number of hydrogen-bond acceptors (Lipinski definition) is 5. The molecule has 0 spiro atoms. The lowest BCUT2D eigenvalue weighted by atomic mass is 10.1. The number of hydrogen-bond donors (Lipinski definition) is 2. The van der Waals surface area contributed by atoms with Gasteiger partial charge in [-0.2, -0.15) is 0 Å². The molecule has 0 bridgehead atoms. The van der Waals surface area contributed by atoms with Crippen LogP contribution in [0.15, 0.2) is 54.6 Å². The van der Waals surface area contributed by atoms with Crippen LogP contribution in [0.25, 0.3) is 0 Å². The molecule has 9 nitrogen and oxygen atoms in total. The fourth-order valence-corrected chi connectivity index (χ4v) is 4.02. The lowest BCUT2D eigenvalue weighted by molar-refractivity contribution is -0.126. The van der Waals surface area contributed by atoms with Crippen LogP contribution in [0.3, 0.4) is 0 Å². The molecule has 1 atom stereocenters. The summed E-state index contributed by atoms with van der Waals surface area (Å²) in [6.45, 7) is 0.731. The molecule has 2 aromatic rings. The van der Waals surface area contributed by atoms with Crippen molar-refractivity contribution in [1.29, 1.82) is 0 Å². The van der Waals surface area contributed by atoms with Crippen molar-refractivity contribution in [2.45, 2.75) is 12.8 Å². The van der Waals surface area contributed by atoms with Crippen LogP contribution in [0.4, 0.5) is 5.69 Å². The van der Waals surface area contributed by atoms with Crippen LogP contribution in [0.1, 0.15) is 33.6 Å². The molecule has 0 unspecified atom stereocenters. The van der Waals surface area contributed by atoms with E-state index in [1.807, 2.05) is 30.3 Å². The summed E-state index contributed by atoms with van der Waals surface area (Å²) in [5.41, 5.74) is 1.46. The van der Waals surface area contributed by atoms with Crippen LogP contribution in [0.2, 0.25) is 0 Å². The van der Waals surface area contributed by atoms with Crippen molar-refractivity contribution in [3.8, 4) is 0 Å². The second-order valence-corrected chi connectivity index (χ2v) is 7.94. The number of rotatable bonds is 8. The minimum Gasteiger partial charge on any atom is -0.354 e. The van der Waals surface area contributed by atoms with Gasteiger partial charge < -0.3 is 15.5 Å². The fourth-order valence-electron chi connectivity index (χ4n) is 4.02. The number of amides is 5. The molecule has 9 heteroatoms. The number of carbonyl (C=O) groups is 5. The second-order valence-electron chi connectivity index (χ2n) is 7.94. The predicted molar refractivity (Wildman–Crippen MR) is 119 cm³/mol. The molecule has 0 saturated carbocycles. The Labute approximate surface area is 190 Å². The zero-order valence-electron chi connectivity index (χ0n) is 18.0. The lowest BCUT2D eigenvalue weighted by Gasteiger charge is -2.16. The van der Waals surface area contributed by atoms with Gasteiger partial charge in [-0.25, -0.2) is 0 Å². The van der Waals surface area contributed by atoms with Gasteiger partial charge in [0.25, 0.3) is 11.8 Å². The van der Waals surface area contributed by atoms with Gasteiger partial charge in [0.05, 0.1) is 17.0 Å². The van der Waals surface area contributed by atoms with E-state index < -0.39 is 17.7 Å². The quantitative estimate of drug-likeness (QED) is 0.461. The van der Waals surface area contributed by atoms with Crippen molar-refractivity contribution >= 4 is 35.2 Å². The average Bonchev–Trinajstić information content (AvgIpc) is 3.34. The zero-order chi connectivity index (χ0) is 23.4. The van der Waals surface area contributed by atoms with Crippen LogP contribution in [-0.4, -0.2) is 60.6 Å². The molecule has 0 aliphatic carbocycles. The van der Waals surface area contributed by atoms with Gasteiger partial charge in [-0.1, -0.05) is 30.3 Å². The van der Waals surface area contributed by atoms with Crippen LogP contribution in [0, 0.1) is 5.92 Å². The van der Waals surface area contributed by atoms with Crippen molar-refractivity contribution in [3.05, 3.63) is 65.7 Å². The molecular weight excluding hydrogens is 424 g/mol. The van der Waals surface area contributed by atoms with Crippen LogP contribution >= 0.6 is 0 Å². The molecule has 0 radical (unpaired) electrons. The van der Waals surface area contributed by atoms with E-state index in [0.29, 0.717) is 17.7 Å². The maximum Gasteiger partial charge on any atom is 0.261 e. The molecule has 2 heterocycles. The topological polar surface area (TPSA) is 116 Å². The Hall–Kier alpha value is -4.01. The molecule has 5 amide bonds. The van der Waals surface area contributed by atoms with Gasteiger partial charge in [-0.3, -0.25) is 28.9 Å². The van der Waals surface area contributed by atoms with E-state index >= 15 is 0 Å². The van der Waals surface area contributed by atoms with Crippen LogP contribution in [0.5, 0.6) is 0 Å². The highest BCUT2D eigenvalue weighted by Gasteiger charge is 2.36. The van der Waals surface area contributed by atoms with E-state index in [9.17, 15) is 24.0 Å². The number of fused-ring (bicyclic) bond motifs is 1. The lowest BCUT2D eigenvalue weighted by Crippen LogP contribution is -2.39. The molecule has 2 aliphatic heterocycles. The molecule has 4 rings (SSSR count). The van der Waals surface area contributed by atoms with Gasteiger partial charge in [0.2, 0.25) is 17.7 Å². The van der Waals surface area contributed by atoms with E-state index in [2.05, 4.69) is 10.6 Å². The standard InChI is InChI=1S/C24H24N4O5/c29-20(10-13-27-23(32)18-8-4-5-9-19(18)24(27)33)25-11-12-26-22(31)16-14-21(30)28(15-16)17-6-2-1-3-7-17/h1-9,16H,10-15H2,(H,25,29)(H,26,31)/t16-/m1/s1. The van der Waals surface area contributed by atoms with E-state index in [1.54, 1.807) is 29.2 Å². The normalized spacial score (nSPS) is 17.3. The Bertz CT molecular complexity index is 1070. The summed E-state index contributed by atoms with van der Waals surface area (Å²) < 4.78 is 0. The summed E-state index contributed by atoms with van der Waals surface area (Å²) >= 11 is 0. The Morgan fingerprint density at radius 2 is 1.45 bits per heavy atom. The molecule has 33 heavy (non-hydrogen) atoms. The number of imide groups is 1. The van der Waals surface area contributed by atoms with Gasteiger partial charge in [0.1, 0.15) is 0 Å². The number of carbonyl (C=O) groups excluding carboxylic acids is 5. The second kappa shape index (κ2) is 9.64. The number of nitrogens with zero attached hydrogens (tertiary/aromatic N) is 2. The van der Waals surface area contributed by atoms with Gasteiger partial charge in [-0.05, 0) is 24.3 Å². The summed E-state index contributed by atoms with van der Waals surface area (Å²) in [5, 5.41) is 5.41. The highest BCUT2D eigenvalue weighted by atomic mass is 16.2. The first kappa shape index (κ1) is 22.2. The fraction of sp³-hybridized carbons (Fsp3) is 0.292. The SMILES string of the molecule is O=C(CCN1C(=O)c2ccccc2C1=O)NCCNC(=O)[C@@H]1CC(=O)N(c2ccccc2)C1. The summed E-state index contributed by atoms with van der Waals surface area (Å²) in [6.07, 6.45) is 0.121. The third-order valence-corrected chi connectivity index (χ3v) is 5.75. The van der Waals surface area contributed by atoms with Crippen molar-refractivity contribution in [2.24, 2.45) is 5.92 Å². The monoisotopic (exact) mass is 448 g/mol. The molecular formula is C24H24N4O5. The van der Waals surface area contributed by atoms with E-state index in [1.165, 1.54) is 0 Å². The maximum absolute atomic E-state index is 12.4. The van der Waals surface area contributed by atoms with Gasteiger partial charge in [0.15, 0.2) is 0 Å². The Morgan fingerprint density at radius 3 is 2.12 bits per heavy atom. The maximum atomic E-state index is 12.4. The number of anilines is 1. The third-order valence-electron chi connectivity index (χ3n) is 5.75. The molecule has 2 N–H and O–H groups in total. The molecule has 2 aliphatic rings. The Balaban J connectivity index is 1.16. The van der Waals surface area contributed by atoms with Gasteiger partial charge in [-0.15, -0.1) is 0 Å². The molecule has 1 saturated heterocycles. The van der Waals surface area contributed by atoms with Gasteiger partial charge in [0, 0.05) is 44.7 Å². The van der Waals surface area contributed by atoms with E-state index in [0.717, 1.165) is 10.6 Å².